The molecule has 0 spiro atoms. The third kappa shape index (κ3) is 1.92. The van der Waals surface area contributed by atoms with Crippen molar-refractivity contribution in [3.8, 4) is 0 Å². The van der Waals surface area contributed by atoms with Gasteiger partial charge in [0.25, 0.3) is 0 Å². The summed E-state index contributed by atoms with van der Waals surface area (Å²) in [4.78, 5) is 11.1. The molecule has 0 heterocycles. The summed E-state index contributed by atoms with van der Waals surface area (Å²) in [6, 6.07) is 7.82. The van der Waals surface area contributed by atoms with Crippen LogP contribution in [0.1, 0.15) is 30.7 Å². The van der Waals surface area contributed by atoms with Crippen LogP contribution in [0.3, 0.4) is 0 Å². The van der Waals surface area contributed by atoms with Crippen molar-refractivity contribution >= 4 is 17.4 Å². The number of rotatable bonds is 1. The van der Waals surface area contributed by atoms with Gasteiger partial charge in [0, 0.05) is 17.9 Å². The van der Waals surface area contributed by atoms with Crippen LogP contribution < -0.4 is 0 Å². The summed E-state index contributed by atoms with van der Waals surface area (Å²) < 4.78 is 0. The third-order valence-electron chi connectivity index (χ3n) is 2.57. The molecule has 1 aliphatic rings. The maximum Gasteiger partial charge on any atom is 0.133 e. The van der Waals surface area contributed by atoms with Crippen molar-refractivity contribution < 1.29 is 4.79 Å². The molecule has 0 N–H and O–H groups in total. The number of carbonyl (C=O) groups is 1. The number of benzene rings is 1. The molecule has 13 heavy (non-hydrogen) atoms. The van der Waals surface area contributed by atoms with E-state index in [4.69, 9.17) is 11.6 Å². The van der Waals surface area contributed by atoms with E-state index in [0.29, 0.717) is 18.1 Å². The Morgan fingerprint density at radius 2 is 2.23 bits per heavy atom. The van der Waals surface area contributed by atoms with E-state index in [-0.39, 0.29) is 0 Å². The van der Waals surface area contributed by atoms with Crippen molar-refractivity contribution in [2.75, 3.05) is 0 Å². The van der Waals surface area contributed by atoms with E-state index >= 15 is 0 Å². The van der Waals surface area contributed by atoms with Crippen LogP contribution in [0.25, 0.3) is 0 Å². The van der Waals surface area contributed by atoms with Gasteiger partial charge in [0.1, 0.15) is 5.78 Å². The molecule has 0 amide bonds. The summed E-state index contributed by atoms with van der Waals surface area (Å²) >= 11 is 5.87. The van der Waals surface area contributed by atoms with Gasteiger partial charge in [-0.1, -0.05) is 23.7 Å². The molecule has 68 valence electrons. The van der Waals surface area contributed by atoms with Crippen LogP contribution in [-0.2, 0) is 4.79 Å². The lowest BCUT2D eigenvalue weighted by atomic mass is 9.98. The summed E-state index contributed by atoms with van der Waals surface area (Å²) in [5.41, 5.74) is 1.21. The zero-order valence-corrected chi connectivity index (χ0v) is 8.05. The van der Waals surface area contributed by atoms with Gasteiger partial charge < -0.3 is 0 Å². The highest BCUT2D eigenvalue weighted by Crippen LogP contribution is 2.32. The Labute approximate surface area is 82.7 Å². The number of carbonyl (C=O) groups excluding carboxylic acids is 1. The second-order valence-electron chi connectivity index (χ2n) is 3.53. The molecule has 2 heteroatoms. The predicted octanol–water partition coefficient (Wildman–Crippen LogP) is 3.18. The number of ketones is 1. The Morgan fingerprint density at radius 3 is 2.85 bits per heavy atom. The first kappa shape index (κ1) is 8.76. The van der Waals surface area contributed by atoms with Crippen molar-refractivity contribution in [1.82, 2.24) is 0 Å². The van der Waals surface area contributed by atoms with Crippen molar-refractivity contribution in [3.63, 3.8) is 0 Å². The molecule has 1 unspecified atom stereocenters. The van der Waals surface area contributed by atoms with Gasteiger partial charge in [-0.25, -0.2) is 0 Å². The Morgan fingerprint density at radius 1 is 1.38 bits per heavy atom. The topological polar surface area (TPSA) is 17.1 Å². The highest BCUT2D eigenvalue weighted by Gasteiger charge is 2.23. The molecule has 1 aliphatic carbocycles. The van der Waals surface area contributed by atoms with Crippen LogP contribution in [0.5, 0.6) is 0 Å². The highest BCUT2D eigenvalue weighted by atomic mass is 35.5. The fraction of sp³-hybridized carbons (Fsp3) is 0.364. The Hall–Kier alpha value is -0.820. The Kier molecular flexibility index (Phi) is 2.36. The SMILES string of the molecule is O=C1CCC(c2cccc(Cl)c2)C1. The molecule has 0 aliphatic heterocycles. The quantitative estimate of drug-likeness (QED) is 0.671. The van der Waals surface area contributed by atoms with E-state index in [1.807, 2.05) is 18.2 Å². The van der Waals surface area contributed by atoms with Crippen LogP contribution in [0, 0.1) is 0 Å². The molecule has 1 atom stereocenters. The normalized spacial score (nSPS) is 22.2. The largest absolute Gasteiger partial charge is 0.300 e. The Balaban J connectivity index is 2.21. The molecule has 0 aromatic heterocycles. The van der Waals surface area contributed by atoms with Crippen LogP contribution in [0.4, 0.5) is 0 Å². The van der Waals surface area contributed by atoms with Gasteiger partial charge in [0.15, 0.2) is 0 Å². The average molecular weight is 195 g/mol. The predicted molar refractivity (Wildman–Crippen MR) is 53.1 cm³/mol. The second-order valence-corrected chi connectivity index (χ2v) is 3.97. The first-order chi connectivity index (χ1) is 6.25. The molecule has 0 saturated heterocycles. The highest BCUT2D eigenvalue weighted by molar-refractivity contribution is 6.30. The number of hydrogen-bond donors (Lipinski definition) is 0. The lowest BCUT2D eigenvalue weighted by Gasteiger charge is -2.07. The van der Waals surface area contributed by atoms with Crippen LogP contribution in [-0.4, -0.2) is 5.78 Å². The minimum absolute atomic E-state index is 0.380. The van der Waals surface area contributed by atoms with Gasteiger partial charge in [-0.15, -0.1) is 0 Å². The summed E-state index contributed by atoms with van der Waals surface area (Å²) in [6.45, 7) is 0. The summed E-state index contributed by atoms with van der Waals surface area (Å²) in [6.07, 6.45) is 2.41. The van der Waals surface area contributed by atoms with Gasteiger partial charge in [-0.2, -0.15) is 0 Å². The van der Waals surface area contributed by atoms with Crippen LogP contribution in [0.2, 0.25) is 5.02 Å². The van der Waals surface area contributed by atoms with Gasteiger partial charge in [-0.3, -0.25) is 4.79 Å². The molecule has 0 radical (unpaired) electrons. The van der Waals surface area contributed by atoms with Crippen LogP contribution in [0.15, 0.2) is 24.3 Å². The van der Waals surface area contributed by atoms with E-state index in [2.05, 4.69) is 6.07 Å². The molecule has 1 aromatic carbocycles. The van der Waals surface area contributed by atoms with Gasteiger partial charge in [0.2, 0.25) is 0 Å². The molecule has 1 saturated carbocycles. The lowest BCUT2D eigenvalue weighted by Crippen LogP contribution is -1.93. The van der Waals surface area contributed by atoms with Crippen molar-refractivity contribution in [1.29, 1.82) is 0 Å². The average Bonchev–Trinajstić information content (AvgIpc) is 2.52. The molecule has 2 rings (SSSR count). The Bertz CT molecular complexity index is 333. The van der Waals surface area contributed by atoms with E-state index in [0.717, 1.165) is 17.9 Å². The molecule has 0 bridgehead atoms. The summed E-state index contributed by atoms with van der Waals surface area (Å²) in [7, 11) is 0. The van der Waals surface area contributed by atoms with Crippen molar-refractivity contribution in [3.05, 3.63) is 34.9 Å². The number of Topliss-reactive ketones (excluding diaryl/α,β-unsaturated/α-hetero) is 1. The van der Waals surface area contributed by atoms with E-state index in [1.165, 1.54) is 5.56 Å². The standard InChI is InChI=1S/C11H11ClO/c12-10-3-1-2-8(6-10)9-4-5-11(13)7-9/h1-3,6,9H,4-5,7H2. The molecular formula is C11H11ClO. The lowest BCUT2D eigenvalue weighted by molar-refractivity contribution is -0.117. The molecular weight excluding hydrogens is 184 g/mol. The molecule has 1 fully saturated rings. The third-order valence-corrected chi connectivity index (χ3v) is 2.80. The van der Waals surface area contributed by atoms with Crippen molar-refractivity contribution in [2.45, 2.75) is 25.2 Å². The van der Waals surface area contributed by atoms with Gasteiger partial charge in [0.05, 0.1) is 0 Å². The minimum Gasteiger partial charge on any atom is -0.300 e. The van der Waals surface area contributed by atoms with Gasteiger partial charge in [-0.05, 0) is 30.0 Å². The molecule has 1 aromatic rings. The fourth-order valence-electron chi connectivity index (χ4n) is 1.86. The second kappa shape index (κ2) is 3.51. The smallest absolute Gasteiger partial charge is 0.133 e. The summed E-state index contributed by atoms with van der Waals surface area (Å²) in [5, 5.41) is 0.761. The minimum atomic E-state index is 0.380. The van der Waals surface area contributed by atoms with Crippen LogP contribution >= 0.6 is 11.6 Å². The van der Waals surface area contributed by atoms with Gasteiger partial charge >= 0.3 is 0 Å². The maximum absolute atomic E-state index is 11.1. The first-order valence-electron chi connectivity index (χ1n) is 4.53. The number of halogens is 1. The monoisotopic (exact) mass is 194 g/mol. The zero-order valence-electron chi connectivity index (χ0n) is 7.29. The maximum atomic E-state index is 11.1. The first-order valence-corrected chi connectivity index (χ1v) is 4.90. The zero-order chi connectivity index (χ0) is 9.26. The number of hydrogen-bond acceptors (Lipinski definition) is 1. The van der Waals surface area contributed by atoms with E-state index in [9.17, 15) is 4.79 Å². The van der Waals surface area contributed by atoms with Crippen molar-refractivity contribution in [2.24, 2.45) is 0 Å². The van der Waals surface area contributed by atoms with E-state index < -0.39 is 0 Å². The molecule has 1 nitrogen and oxygen atoms in total. The summed E-state index contributed by atoms with van der Waals surface area (Å²) in [5.74, 6) is 0.788. The fourth-order valence-corrected chi connectivity index (χ4v) is 2.06. The van der Waals surface area contributed by atoms with E-state index in [1.54, 1.807) is 0 Å².